The lowest BCUT2D eigenvalue weighted by molar-refractivity contribution is 0.414. The largest absolute Gasteiger partial charge is 0.497 e. The van der Waals surface area contributed by atoms with E-state index in [9.17, 15) is 8.42 Å². The van der Waals surface area contributed by atoms with E-state index in [1.807, 2.05) is 0 Å². The van der Waals surface area contributed by atoms with Crippen molar-refractivity contribution in [3.05, 3.63) is 48.7 Å². The van der Waals surface area contributed by atoms with Crippen LogP contribution >= 0.6 is 0 Å². The van der Waals surface area contributed by atoms with Crippen LogP contribution in [0, 0.1) is 0 Å². The zero-order chi connectivity index (χ0) is 12.3. The number of benzene rings is 1. The van der Waals surface area contributed by atoms with E-state index in [-0.39, 0.29) is 9.92 Å². The fourth-order valence-electron chi connectivity index (χ4n) is 1.38. The van der Waals surface area contributed by atoms with Gasteiger partial charge >= 0.3 is 0 Å². The molecule has 0 atom stereocenters. The van der Waals surface area contributed by atoms with Gasteiger partial charge in [-0.05, 0) is 36.4 Å². The quantitative estimate of drug-likeness (QED) is 0.834. The Morgan fingerprint density at radius 3 is 2.29 bits per heavy atom. The number of hydrogen-bond acceptors (Lipinski definition) is 4. The van der Waals surface area contributed by atoms with E-state index in [1.54, 1.807) is 24.3 Å². The van der Waals surface area contributed by atoms with Gasteiger partial charge in [0.2, 0.25) is 9.84 Å². The Kier molecular flexibility index (Phi) is 3.10. The van der Waals surface area contributed by atoms with Crippen molar-refractivity contribution in [2.24, 2.45) is 0 Å². The molecule has 0 aliphatic heterocycles. The standard InChI is InChI=1S/C12H11NO3S/c1-16-10-5-7-11(8-6-10)17(14,15)12-4-2-3-9-13-12/h2-9H,1H3. The molecule has 1 heterocycles. The SMILES string of the molecule is COc1ccc(S(=O)(=O)c2ccccn2)cc1. The topological polar surface area (TPSA) is 56.3 Å². The summed E-state index contributed by atoms with van der Waals surface area (Å²) in [6.45, 7) is 0. The normalized spacial score (nSPS) is 11.1. The number of ether oxygens (including phenoxy) is 1. The number of rotatable bonds is 3. The van der Waals surface area contributed by atoms with Gasteiger partial charge in [0.1, 0.15) is 5.75 Å². The second kappa shape index (κ2) is 4.55. The molecule has 1 aromatic heterocycles. The number of nitrogens with zero attached hydrogens (tertiary/aromatic N) is 1. The molecule has 88 valence electrons. The van der Waals surface area contributed by atoms with E-state index >= 15 is 0 Å². The Balaban J connectivity index is 2.45. The van der Waals surface area contributed by atoms with Gasteiger partial charge < -0.3 is 4.74 Å². The van der Waals surface area contributed by atoms with Crippen LogP contribution in [0.15, 0.2) is 58.6 Å². The predicted molar refractivity (Wildman–Crippen MR) is 62.7 cm³/mol. The molecule has 2 rings (SSSR count). The van der Waals surface area contributed by atoms with Crippen molar-refractivity contribution in [1.29, 1.82) is 0 Å². The van der Waals surface area contributed by atoms with E-state index in [0.29, 0.717) is 5.75 Å². The van der Waals surface area contributed by atoms with E-state index in [4.69, 9.17) is 4.74 Å². The molecule has 0 amide bonds. The lowest BCUT2D eigenvalue weighted by atomic mass is 10.3. The summed E-state index contributed by atoms with van der Waals surface area (Å²) in [5.41, 5.74) is 0. The van der Waals surface area contributed by atoms with E-state index in [0.717, 1.165) is 0 Å². The highest BCUT2D eigenvalue weighted by molar-refractivity contribution is 7.91. The smallest absolute Gasteiger partial charge is 0.223 e. The molecule has 5 heteroatoms. The first kappa shape index (κ1) is 11.6. The molecule has 0 aliphatic carbocycles. The van der Waals surface area contributed by atoms with Crippen molar-refractivity contribution in [3.63, 3.8) is 0 Å². The van der Waals surface area contributed by atoms with Crippen LogP contribution in [-0.4, -0.2) is 20.5 Å². The summed E-state index contributed by atoms with van der Waals surface area (Å²) in [5, 5.41) is 0.0465. The molecule has 0 aliphatic rings. The summed E-state index contributed by atoms with van der Waals surface area (Å²) >= 11 is 0. The second-order valence-corrected chi connectivity index (χ2v) is 5.24. The highest BCUT2D eigenvalue weighted by Crippen LogP contribution is 2.21. The highest BCUT2D eigenvalue weighted by Gasteiger charge is 2.18. The molecular weight excluding hydrogens is 238 g/mol. The van der Waals surface area contributed by atoms with Crippen LogP contribution in [0.1, 0.15) is 0 Å². The van der Waals surface area contributed by atoms with E-state index in [1.165, 1.54) is 31.5 Å². The fraction of sp³-hybridized carbons (Fsp3) is 0.0833. The van der Waals surface area contributed by atoms with E-state index < -0.39 is 9.84 Å². The fourth-order valence-corrected chi connectivity index (χ4v) is 2.57. The molecule has 0 saturated carbocycles. The van der Waals surface area contributed by atoms with Crippen LogP contribution in [0.2, 0.25) is 0 Å². The van der Waals surface area contributed by atoms with Crippen molar-refractivity contribution >= 4 is 9.84 Å². The van der Waals surface area contributed by atoms with Gasteiger partial charge in [0.15, 0.2) is 5.03 Å². The zero-order valence-electron chi connectivity index (χ0n) is 9.20. The number of sulfone groups is 1. The third kappa shape index (κ3) is 2.29. The first-order valence-electron chi connectivity index (χ1n) is 4.95. The van der Waals surface area contributed by atoms with Crippen LogP contribution in [0.5, 0.6) is 5.75 Å². The Bertz CT molecular complexity index is 591. The summed E-state index contributed by atoms with van der Waals surface area (Å²) in [5.74, 6) is 0.616. The van der Waals surface area contributed by atoms with Crippen LogP contribution in [0.4, 0.5) is 0 Å². The maximum atomic E-state index is 12.1. The third-order valence-corrected chi connectivity index (χ3v) is 3.97. The van der Waals surface area contributed by atoms with Crippen molar-refractivity contribution < 1.29 is 13.2 Å². The zero-order valence-corrected chi connectivity index (χ0v) is 10.0. The molecule has 0 fully saturated rings. The van der Waals surface area contributed by atoms with Crippen LogP contribution < -0.4 is 4.74 Å². The Hall–Kier alpha value is -1.88. The van der Waals surface area contributed by atoms with E-state index in [2.05, 4.69) is 4.98 Å². The highest BCUT2D eigenvalue weighted by atomic mass is 32.2. The van der Waals surface area contributed by atoms with Gasteiger partial charge in [-0.15, -0.1) is 0 Å². The number of methoxy groups -OCH3 is 1. The lowest BCUT2D eigenvalue weighted by Gasteiger charge is -2.04. The Labute approximate surface area is 99.8 Å². The molecule has 0 N–H and O–H groups in total. The average molecular weight is 249 g/mol. The van der Waals surface area contributed by atoms with Crippen LogP contribution in [-0.2, 0) is 9.84 Å². The number of aromatic nitrogens is 1. The second-order valence-electron chi connectivity index (χ2n) is 3.35. The minimum Gasteiger partial charge on any atom is -0.497 e. The van der Waals surface area contributed by atoms with Crippen molar-refractivity contribution in [2.75, 3.05) is 7.11 Å². The summed E-state index contributed by atoms with van der Waals surface area (Å²) in [7, 11) is -2.00. The monoisotopic (exact) mass is 249 g/mol. The summed E-state index contributed by atoms with van der Waals surface area (Å²) in [6, 6.07) is 11.0. The van der Waals surface area contributed by atoms with Gasteiger partial charge in [-0.1, -0.05) is 6.07 Å². The van der Waals surface area contributed by atoms with Crippen molar-refractivity contribution in [2.45, 2.75) is 9.92 Å². The predicted octanol–water partition coefficient (Wildman–Crippen LogP) is 1.92. The molecule has 4 nitrogen and oxygen atoms in total. The van der Waals surface area contributed by atoms with Gasteiger partial charge in [-0.25, -0.2) is 13.4 Å². The van der Waals surface area contributed by atoms with Gasteiger partial charge in [0.05, 0.1) is 12.0 Å². The first-order valence-corrected chi connectivity index (χ1v) is 6.43. The molecule has 2 aromatic rings. The summed E-state index contributed by atoms with van der Waals surface area (Å²) in [6.07, 6.45) is 1.45. The van der Waals surface area contributed by atoms with Gasteiger partial charge in [0, 0.05) is 6.20 Å². The van der Waals surface area contributed by atoms with Crippen molar-refractivity contribution in [3.8, 4) is 5.75 Å². The Morgan fingerprint density at radius 2 is 1.76 bits per heavy atom. The van der Waals surface area contributed by atoms with Gasteiger partial charge in [0.25, 0.3) is 0 Å². The van der Waals surface area contributed by atoms with Gasteiger partial charge in [-0.3, -0.25) is 0 Å². The summed E-state index contributed by atoms with van der Waals surface area (Å²) in [4.78, 5) is 4.06. The summed E-state index contributed by atoms with van der Waals surface area (Å²) < 4.78 is 29.2. The van der Waals surface area contributed by atoms with Crippen LogP contribution in [0.3, 0.4) is 0 Å². The molecule has 0 radical (unpaired) electrons. The first-order chi connectivity index (χ1) is 8.14. The van der Waals surface area contributed by atoms with Crippen molar-refractivity contribution in [1.82, 2.24) is 4.98 Å². The molecule has 0 spiro atoms. The average Bonchev–Trinajstić information content (AvgIpc) is 2.40. The molecule has 0 unspecified atom stereocenters. The Morgan fingerprint density at radius 1 is 1.06 bits per heavy atom. The molecule has 0 saturated heterocycles. The minimum absolute atomic E-state index is 0.0465. The maximum absolute atomic E-state index is 12.1. The molecular formula is C12H11NO3S. The molecule has 0 bridgehead atoms. The minimum atomic E-state index is -3.53. The number of hydrogen-bond donors (Lipinski definition) is 0. The number of pyridine rings is 1. The van der Waals surface area contributed by atoms with Gasteiger partial charge in [-0.2, -0.15) is 0 Å². The molecule has 17 heavy (non-hydrogen) atoms. The third-order valence-electron chi connectivity index (χ3n) is 2.28. The van der Waals surface area contributed by atoms with Crippen LogP contribution in [0.25, 0.3) is 0 Å². The maximum Gasteiger partial charge on any atom is 0.223 e. The molecule has 1 aromatic carbocycles. The lowest BCUT2D eigenvalue weighted by Crippen LogP contribution is -2.03.